The number of carbonyl (C=O) groups excluding carboxylic acids is 1. The number of imidazole rings is 1. The Morgan fingerprint density at radius 1 is 1.02 bits per heavy atom. The molecular formula is C33H35ClF6N4O5S2. The average molecular weight is 781 g/mol. The number of phenols is 1. The molecule has 0 saturated carbocycles. The third-order valence-electron chi connectivity index (χ3n) is 7.42. The lowest BCUT2D eigenvalue weighted by Gasteiger charge is -2.27. The van der Waals surface area contributed by atoms with Gasteiger partial charge in [0.15, 0.2) is 5.16 Å². The van der Waals surface area contributed by atoms with E-state index >= 15 is 8.78 Å². The monoisotopic (exact) mass is 780 g/mol. The molecule has 0 bridgehead atoms. The van der Waals surface area contributed by atoms with Crippen LogP contribution in [0.25, 0.3) is 5.69 Å². The van der Waals surface area contributed by atoms with Crippen molar-refractivity contribution in [2.45, 2.75) is 47.7 Å². The van der Waals surface area contributed by atoms with Crippen molar-refractivity contribution in [3.8, 4) is 11.4 Å². The fraction of sp³-hybridized carbons (Fsp3) is 0.333. The number of carboxylic acids is 1. The van der Waals surface area contributed by atoms with E-state index in [0.717, 1.165) is 36.0 Å². The van der Waals surface area contributed by atoms with Crippen molar-refractivity contribution < 1.29 is 54.3 Å². The number of nitrogens with one attached hydrogen (secondary N) is 1. The van der Waals surface area contributed by atoms with Gasteiger partial charge in [0, 0.05) is 35.4 Å². The number of nitrogens with zero attached hydrogens (tertiary/aromatic N) is 3. The summed E-state index contributed by atoms with van der Waals surface area (Å²) in [5, 5.41) is 19.6. The van der Waals surface area contributed by atoms with E-state index in [0.29, 0.717) is 27.4 Å². The molecule has 0 aliphatic heterocycles. The Labute approximate surface area is 300 Å². The van der Waals surface area contributed by atoms with Gasteiger partial charge in [-0.25, -0.2) is 31.3 Å². The van der Waals surface area contributed by atoms with Crippen molar-refractivity contribution >= 4 is 39.4 Å². The molecule has 278 valence electrons. The molecule has 18 heteroatoms. The number of alkyl halides is 3. The molecule has 0 saturated heterocycles. The number of sulfonamides is 1. The van der Waals surface area contributed by atoms with E-state index in [-0.39, 0.29) is 28.6 Å². The molecule has 1 aromatic heterocycles. The van der Waals surface area contributed by atoms with E-state index in [2.05, 4.69) is 9.71 Å². The van der Waals surface area contributed by atoms with Gasteiger partial charge in [0.25, 0.3) is 0 Å². The van der Waals surface area contributed by atoms with Gasteiger partial charge in [0.05, 0.1) is 49.5 Å². The Kier molecular flexibility index (Phi) is 13.3. The van der Waals surface area contributed by atoms with Gasteiger partial charge in [-0.15, -0.1) is 0 Å². The number of aromatic hydroxyl groups is 1. The second-order valence-electron chi connectivity index (χ2n) is 12.7. The highest BCUT2D eigenvalue weighted by atomic mass is 35.5. The second kappa shape index (κ2) is 16.3. The summed E-state index contributed by atoms with van der Waals surface area (Å²) in [6.45, 7) is 4.68. The van der Waals surface area contributed by atoms with E-state index in [1.54, 1.807) is 41.1 Å². The SMILES string of the molecule is CC(C)(c1ccc(Cl)c(O)c1)c1cnc(SCc2c(F)cc(S(=O)(=O)NCCC[N+](C)(C)C)cc2F)n1-c1ccc(F)cc1.O=C([O-])C(F)(F)F. The first-order valence-electron chi connectivity index (χ1n) is 15.0. The maximum Gasteiger partial charge on any atom is 0.430 e. The first kappa shape index (κ1) is 41.6. The predicted molar refractivity (Wildman–Crippen MR) is 178 cm³/mol. The molecule has 0 amide bonds. The molecule has 2 N–H and O–H groups in total. The Hall–Kier alpha value is -3.77. The van der Waals surface area contributed by atoms with Crippen LogP contribution in [0.3, 0.4) is 0 Å². The van der Waals surface area contributed by atoms with Gasteiger partial charge in [-0.1, -0.05) is 43.3 Å². The van der Waals surface area contributed by atoms with Crippen molar-refractivity contribution in [1.82, 2.24) is 14.3 Å². The van der Waals surface area contributed by atoms with E-state index in [1.165, 1.54) is 12.1 Å². The zero-order valence-electron chi connectivity index (χ0n) is 28.0. The fourth-order valence-corrected chi connectivity index (χ4v) is 6.84. The highest BCUT2D eigenvalue weighted by Gasteiger charge is 2.31. The average Bonchev–Trinajstić information content (AvgIpc) is 3.45. The number of phenolic OH excluding ortho intramolecular Hbond substituents is 1. The van der Waals surface area contributed by atoms with Crippen molar-refractivity contribution in [3.63, 3.8) is 0 Å². The van der Waals surface area contributed by atoms with Gasteiger partial charge in [-0.2, -0.15) is 13.2 Å². The van der Waals surface area contributed by atoms with Crippen LogP contribution in [0.2, 0.25) is 5.02 Å². The van der Waals surface area contributed by atoms with Crippen LogP contribution < -0.4 is 9.83 Å². The number of hydrogen-bond acceptors (Lipinski definition) is 7. The molecule has 0 atom stereocenters. The number of aromatic nitrogens is 2. The normalized spacial score (nSPS) is 12.4. The van der Waals surface area contributed by atoms with E-state index in [4.69, 9.17) is 21.5 Å². The van der Waals surface area contributed by atoms with Gasteiger partial charge in [0.1, 0.15) is 29.2 Å². The second-order valence-corrected chi connectivity index (χ2v) is 15.9. The number of thioether (sulfide) groups is 1. The quantitative estimate of drug-likeness (QED) is 0.0790. The van der Waals surface area contributed by atoms with Gasteiger partial charge in [-0.3, -0.25) is 4.57 Å². The molecule has 51 heavy (non-hydrogen) atoms. The Bertz CT molecular complexity index is 1940. The largest absolute Gasteiger partial charge is 0.542 e. The molecule has 9 nitrogen and oxygen atoms in total. The number of aliphatic carboxylic acids is 1. The number of carbonyl (C=O) groups is 1. The number of carboxylic acid groups (broad SMARTS) is 1. The maximum absolute atomic E-state index is 15.2. The van der Waals surface area contributed by atoms with Crippen molar-refractivity contribution in [1.29, 1.82) is 0 Å². The summed E-state index contributed by atoms with van der Waals surface area (Å²) in [4.78, 5) is 12.8. The minimum atomic E-state index is -5.19. The van der Waals surface area contributed by atoms with Crippen LogP contribution in [0.15, 0.2) is 70.8 Å². The fourth-order valence-electron chi connectivity index (χ4n) is 4.62. The standard InChI is InChI=1S/C31H34ClF3N4O3S2.C2HF3O2/c1-31(2,20-7-12-25(32)28(40)15-20)29-18-36-30(38(29)22-10-8-21(33)9-11-22)43-19-24-26(34)16-23(17-27(24)35)44(41,42)37-13-6-14-39(3,4)5;3-2(4,5)1(6)7/h7-12,15-18,37H,6,13-14,19H2,1-5H3;(H,6,7). The van der Waals surface area contributed by atoms with Crippen LogP contribution in [-0.4, -0.2) is 73.9 Å². The molecule has 4 aromatic rings. The number of hydrogen-bond donors (Lipinski definition) is 2. The summed E-state index contributed by atoms with van der Waals surface area (Å²) < 4.78 is 106. The van der Waals surface area contributed by atoms with Crippen LogP contribution in [0.4, 0.5) is 26.3 Å². The summed E-state index contributed by atoms with van der Waals surface area (Å²) >= 11 is 7.06. The van der Waals surface area contributed by atoms with E-state index in [9.17, 15) is 31.1 Å². The van der Waals surface area contributed by atoms with Gasteiger partial charge < -0.3 is 19.5 Å². The molecule has 0 unspecified atom stereocenters. The van der Waals surface area contributed by atoms with Gasteiger partial charge >= 0.3 is 6.18 Å². The highest BCUT2D eigenvalue weighted by molar-refractivity contribution is 7.98. The molecule has 0 spiro atoms. The van der Waals surface area contributed by atoms with Crippen LogP contribution in [0.5, 0.6) is 5.75 Å². The van der Waals surface area contributed by atoms with Gasteiger partial charge in [-0.05, 0) is 54.1 Å². The number of rotatable bonds is 12. The molecule has 1 heterocycles. The topological polar surface area (TPSA) is 124 Å². The minimum Gasteiger partial charge on any atom is -0.542 e. The van der Waals surface area contributed by atoms with Gasteiger partial charge in [0.2, 0.25) is 10.0 Å². The lowest BCUT2D eigenvalue weighted by Crippen LogP contribution is -2.37. The summed E-state index contributed by atoms with van der Waals surface area (Å²) in [7, 11) is 1.83. The molecule has 3 aromatic carbocycles. The number of benzene rings is 3. The Morgan fingerprint density at radius 3 is 2.10 bits per heavy atom. The summed E-state index contributed by atoms with van der Waals surface area (Å²) in [6, 6.07) is 12.3. The third kappa shape index (κ3) is 11.1. The summed E-state index contributed by atoms with van der Waals surface area (Å²) in [5.41, 5.74) is 0.891. The van der Waals surface area contributed by atoms with Crippen LogP contribution in [0.1, 0.15) is 37.1 Å². The zero-order valence-corrected chi connectivity index (χ0v) is 30.4. The van der Waals surface area contributed by atoms with Crippen molar-refractivity contribution in [2.75, 3.05) is 34.2 Å². The molecule has 4 rings (SSSR count). The van der Waals surface area contributed by atoms with Crippen LogP contribution in [-0.2, 0) is 26.0 Å². The Morgan fingerprint density at radius 2 is 1.59 bits per heavy atom. The van der Waals surface area contributed by atoms with Crippen LogP contribution >= 0.6 is 23.4 Å². The van der Waals surface area contributed by atoms with Crippen molar-refractivity contribution in [2.24, 2.45) is 0 Å². The molecule has 0 fully saturated rings. The minimum absolute atomic E-state index is 0.0875. The lowest BCUT2D eigenvalue weighted by molar-refractivity contribution is -0.870. The highest BCUT2D eigenvalue weighted by Crippen LogP contribution is 2.39. The van der Waals surface area contributed by atoms with Crippen molar-refractivity contribution in [3.05, 3.63) is 100 Å². The summed E-state index contributed by atoms with van der Waals surface area (Å²) in [6.07, 6.45) is -3.02. The van der Waals surface area contributed by atoms with Crippen LogP contribution in [0, 0.1) is 17.5 Å². The zero-order chi connectivity index (χ0) is 38.5. The van der Waals surface area contributed by atoms with E-state index < -0.39 is 49.9 Å². The van der Waals surface area contributed by atoms with E-state index in [1.807, 2.05) is 35.0 Å². The molecule has 0 radical (unpaired) electrons. The first-order chi connectivity index (χ1) is 23.4. The summed E-state index contributed by atoms with van der Waals surface area (Å²) in [5.74, 6) is -5.73. The molecular weight excluding hydrogens is 746 g/mol. The lowest BCUT2D eigenvalue weighted by atomic mass is 9.81. The predicted octanol–water partition coefficient (Wildman–Crippen LogP) is 5.94. The number of quaternary nitrogens is 1. The maximum atomic E-state index is 15.2. The number of halogens is 7. The molecule has 0 aliphatic carbocycles. The molecule has 0 aliphatic rings. The smallest absolute Gasteiger partial charge is 0.430 e. The third-order valence-corrected chi connectivity index (χ3v) is 10.2. The Balaban J connectivity index is 0.000000908. The first-order valence-corrected chi connectivity index (χ1v) is 17.8.